The monoisotopic (exact) mass is 441 g/mol. The highest BCUT2D eigenvalue weighted by atomic mass is 35.5. The Bertz CT molecular complexity index is 1170. The first kappa shape index (κ1) is 20.0. The summed E-state index contributed by atoms with van der Waals surface area (Å²) in [5.41, 5.74) is 0.773. The molecule has 0 aliphatic carbocycles. The molecule has 9 heteroatoms. The number of rotatable bonds is 6. The first-order chi connectivity index (χ1) is 12.6. The molecule has 142 valence electrons. The Morgan fingerprint density at radius 1 is 0.926 bits per heavy atom. The van der Waals surface area contributed by atoms with Crippen LogP contribution in [0.4, 0.5) is 0 Å². The molecule has 0 atom stereocenters. The lowest BCUT2D eigenvalue weighted by atomic mass is 10.2. The number of hydrogen-bond donors (Lipinski definition) is 1. The third-order valence-electron chi connectivity index (χ3n) is 3.77. The summed E-state index contributed by atoms with van der Waals surface area (Å²) in [6, 6.07) is 16.3. The van der Waals surface area contributed by atoms with Crippen molar-refractivity contribution in [1.82, 2.24) is 4.72 Å². The first-order valence-corrected chi connectivity index (χ1v) is 12.4. The highest BCUT2D eigenvalue weighted by molar-refractivity contribution is 7.90. The van der Waals surface area contributed by atoms with Crippen LogP contribution in [0.15, 0.2) is 70.5 Å². The average Bonchev–Trinajstić information content (AvgIpc) is 3.09. The van der Waals surface area contributed by atoms with Crippen LogP contribution in [-0.2, 0) is 26.4 Å². The molecule has 0 aliphatic heterocycles. The smallest absolute Gasteiger partial charge is 0.224 e. The molecule has 3 rings (SSSR count). The molecule has 27 heavy (non-hydrogen) atoms. The zero-order valence-corrected chi connectivity index (χ0v) is 17.4. The van der Waals surface area contributed by atoms with Gasteiger partial charge in [0.25, 0.3) is 0 Å². The fourth-order valence-electron chi connectivity index (χ4n) is 2.37. The van der Waals surface area contributed by atoms with Crippen LogP contribution in [0.25, 0.3) is 10.4 Å². The van der Waals surface area contributed by atoms with Crippen molar-refractivity contribution < 1.29 is 16.8 Å². The fraction of sp³-hybridized carbons (Fsp3) is 0.111. The van der Waals surface area contributed by atoms with E-state index in [1.165, 1.54) is 35.6 Å². The van der Waals surface area contributed by atoms with Crippen molar-refractivity contribution >= 4 is 42.8 Å². The summed E-state index contributed by atoms with van der Waals surface area (Å²) in [4.78, 5) is 2.07. The summed E-state index contributed by atoms with van der Waals surface area (Å²) in [6.07, 6.45) is 1.16. The van der Waals surface area contributed by atoms with Gasteiger partial charge in [0.15, 0.2) is 9.84 Å². The second-order valence-electron chi connectivity index (χ2n) is 5.84. The van der Waals surface area contributed by atoms with E-state index in [1.54, 1.807) is 18.2 Å². The second kappa shape index (κ2) is 7.73. The van der Waals surface area contributed by atoms with Crippen molar-refractivity contribution in [1.29, 1.82) is 0 Å². The summed E-state index contributed by atoms with van der Waals surface area (Å²) in [7, 11) is -6.92. The zero-order valence-electron chi connectivity index (χ0n) is 14.2. The van der Waals surface area contributed by atoms with Gasteiger partial charge in [0.05, 0.1) is 9.79 Å². The number of benzene rings is 2. The number of halogens is 1. The third-order valence-corrected chi connectivity index (χ3v) is 7.68. The van der Waals surface area contributed by atoms with Crippen LogP contribution in [0.5, 0.6) is 0 Å². The van der Waals surface area contributed by atoms with Crippen molar-refractivity contribution in [2.45, 2.75) is 16.3 Å². The summed E-state index contributed by atoms with van der Waals surface area (Å²) in [6.45, 7) is 0.140. The van der Waals surface area contributed by atoms with E-state index in [0.29, 0.717) is 5.02 Å². The minimum atomic E-state index is -3.64. The average molecular weight is 442 g/mol. The molecule has 3 aromatic rings. The van der Waals surface area contributed by atoms with Crippen LogP contribution in [-0.4, -0.2) is 23.1 Å². The van der Waals surface area contributed by atoms with E-state index in [4.69, 9.17) is 11.6 Å². The van der Waals surface area contributed by atoms with Gasteiger partial charge in [0.1, 0.15) is 0 Å². The Kier molecular flexibility index (Phi) is 5.73. The molecule has 0 amide bonds. The normalized spacial score (nSPS) is 12.2. The molecular weight excluding hydrogens is 426 g/mol. The summed E-state index contributed by atoms with van der Waals surface area (Å²) in [5, 5.41) is 0.466. The van der Waals surface area contributed by atoms with Gasteiger partial charge >= 0.3 is 0 Å². The zero-order chi connectivity index (χ0) is 19.7. The van der Waals surface area contributed by atoms with E-state index in [2.05, 4.69) is 4.72 Å². The van der Waals surface area contributed by atoms with Gasteiger partial charge < -0.3 is 0 Å². The molecule has 1 heterocycles. The van der Waals surface area contributed by atoms with Crippen LogP contribution < -0.4 is 4.72 Å². The number of nitrogens with one attached hydrogen (secondary N) is 1. The molecule has 2 aromatic carbocycles. The van der Waals surface area contributed by atoms with Crippen LogP contribution in [0.3, 0.4) is 0 Å². The van der Waals surface area contributed by atoms with Crippen molar-refractivity contribution in [3.05, 3.63) is 70.6 Å². The molecule has 0 unspecified atom stereocenters. The molecule has 1 N–H and O–H groups in total. The van der Waals surface area contributed by atoms with E-state index in [0.717, 1.165) is 21.6 Å². The lowest BCUT2D eigenvalue weighted by molar-refractivity contribution is 0.581. The van der Waals surface area contributed by atoms with E-state index >= 15 is 0 Å². The Labute approximate surface area is 167 Å². The lowest BCUT2D eigenvalue weighted by Gasteiger charge is -2.05. The Hall–Kier alpha value is -1.71. The second-order valence-corrected chi connectivity index (χ2v) is 11.2. The molecule has 0 spiro atoms. The Morgan fingerprint density at radius 2 is 1.63 bits per heavy atom. The van der Waals surface area contributed by atoms with Gasteiger partial charge in [-0.15, -0.1) is 11.3 Å². The van der Waals surface area contributed by atoms with Crippen LogP contribution in [0.2, 0.25) is 5.02 Å². The minimum absolute atomic E-state index is 0.140. The van der Waals surface area contributed by atoms with E-state index < -0.39 is 19.9 Å². The maximum atomic E-state index is 12.3. The molecule has 0 radical (unpaired) electrons. The van der Waals surface area contributed by atoms with Gasteiger partial charge in [-0.05, 0) is 54.1 Å². The lowest BCUT2D eigenvalue weighted by Crippen LogP contribution is -2.22. The van der Waals surface area contributed by atoms with Gasteiger partial charge in [-0.2, -0.15) is 0 Å². The summed E-state index contributed by atoms with van der Waals surface area (Å²) >= 11 is 7.18. The van der Waals surface area contributed by atoms with Gasteiger partial charge in [-0.3, -0.25) is 0 Å². The van der Waals surface area contributed by atoms with Crippen molar-refractivity contribution in [2.24, 2.45) is 0 Å². The summed E-state index contributed by atoms with van der Waals surface area (Å²) < 4.78 is 50.6. The quantitative estimate of drug-likeness (QED) is 0.628. The third kappa shape index (κ3) is 4.97. The van der Waals surface area contributed by atoms with Crippen LogP contribution in [0, 0.1) is 0 Å². The molecule has 0 fully saturated rings. The van der Waals surface area contributed by atoms with Gasteiger partial charge in [0.2, 0.25) is 10.0 Å². The topological polar surface area (TPSA) is 80.3 Å². The van der Waals surface area contributed by atoms with Gasteiger partial charge in [0, 0.05) is 27.6 Å². The SMILES string of the molecule is CS(=O)(=O)c1cccc(-c2ccc(CNS(=O)(=O)c3ccc(Cl)cc3)s2)c1. The largest absolute Gasteiger partial charge is 0.240 e. The van der Waals surface area contributed by atoms with Gasteiger partial charge in [-0.25, -0.2) is 21.6 Å². The maximum Gasteiger partial charge on any atom is 0.240 e. The highest BCUT2D eigenvalue weighted by Crippen LogP contribution is 2.30. The van der Waals surface area contributed by atoms with E-state index in [9.17, 15) is 16.8 Å². The van der Waals surface area contributed by atoms with Crippen LogP contribution >= 0.6 is 22.9 Å². The van der Waals surface area contributed by atoms with Crippen LogP contribution in [0.1, 0.15) is 4.88 Å². The highest BCUT2D eigenvalue weighted by Gasteiger charge is 2.15. The Morgan fingerprint density at radius 3 is 2.30 bits per heavy atom. The van der Waals surface area contributed by atoms with Crippen molar-refractivity contribution in [3.8, 4) is 10.4 Å². The molecular formula is C18H16ClNO4S3. The maximum absolute atomic E-state index is 12.3. The number of sulfonamides is 1. The standard InChI is InChI=1S/C18H16ClNO4S3/c1-26(21,22)17-4-2-3-13(11-17)18-10-7-15(25-18)12-20-27(23,24)16-8-5-14(19)6-9-16/h2-11,20H,12H2,1H3. The fourth-order valence-corrected chi connectivity index (χ4v) is 5.21. The first-order valence-electron chi connectivity index (χ1n) is 7.80. The summed E-state index contributed by atoms with van der Waals surface area (Å²) in [5.74, 6) is 0. The molecule has 0 aliphatic rings. The predicted molar refractivity (Wildman–Crippen MR) is 108 cm³/mol. The molecule has 5 nitrogen and oxygen atoms in total. The number of thiophene rings is 1. The van der Waals surface area contributed by atoms with E-state index in [-0.39, 0.29) is 16.3 Å². The van der Waals surface area contributed by atoms with Crippen molar-refractivity contribution in [3.63, 3.8) is 0 Å². The molecule has 0 saturated carbocycles. The van der Waals surface area contributed by atoms with Gasteiger partial charge in [-0.1, -0.05) is 23.7 Å². The molecule has 1 aromatic heterocycles. The Balaban J connectivity index is 1.76. The number of hydrogen-bond acceptors (Lipinski definition) is 5. The molecule has 0 bridgehead atoms. The van der Waals surface area contributed by atoms with E-state index in [1.807, 2.05) is 18.2 Å². The number of sulfone groups is 1. The molecule has 0 saturated heterocycles. The minimum Gasteiger partial charge on any atom is -0.224 e. The predicted octanol–water partition coefficient (Wildman–Crippen LogP) is 3.95. The van der Waals surface area contributed by atoms with Crippen molar-refractivity contribution in [2.75, 3.05) is 6.26 Å².